The molecule has 0 aliphatic rings. The molecule has 2 nitrogen and oxygen atoms in total. The number of benzene rings is 2. The van der Waals surface area contributed by atoms with Crippen LogP contribution in [-0.4, -0.2) is 5.11 Å². The highest BCUT2D eigenvalue weighted by atomic mass is 127. The summed E-state index contributed by atoms with van der Waals surface area (Å²) in [6.07, 6.45) is -0.780. The van der Waals surface area contributed by atoms with Crippen LogP contribution in [0.3, 0.4) is 0 Å². The topological polar surface area (TPSA) is 29.5 Å². The highest BCUT2D eigenvalue weighted by molar-refractivity contribution is 14.1. The van der Waals surface area contributed by atoms with E-state index in [2.05, 4.69) is 22.6 Å². The summed E-state index contributed by atoms with van der Waals surface area (Å²) in [6, 6.07) is 11.7. The Morgan fingerprint density at radius 3 is 2.56 bits per heavy atom. The molecule has 0 bridgehead atoms. The Labute approximate surface area is 119 Å². The van der Waals surface area contributed by atoms with Crippen molar-refractivity contribution < 1.29 is 14.2 Å². The van der Waals surface area contributed by atoms with Crippen LogP contribution in [0.2, 0.25) is 0 Å². The SMILES string of the molecule is C[C@H](O)c1cc(F)ccc1Oc1ccccc1I. The minimum atomic E-state index is -0.780. The number of aliphatic hydroxyl groups is 1. The van der Waals surface area contributed by atoms with E-state index in [4.69, 9.17) is 4.74 Å². The molecule has 4 heteroatoms. The van der Waals surface area contributed by atoms with Crippen molar-refractivity contribution in [1.82, 2.24) is 0 Å². The van der Waals surface area contributed by atoms with Gasteiger partial charge in [-0.3, -0.25) is 0 Å². The van der Waals surface area contributed by atoms with Gasteiger partial charge < -0.3 is 9.84 Å². The third kappa shape index (κ3) is 3.00. The zero-order valence-electron chi connectivity index (χ0n) is 9.73. The van der Waals surface area contributed by atoms with Crippen molar-refractivity contribution in [3.05, 3.63) is 57.4 Å². The largest absolute Gasteiger partial charge is 0.456 e. The van der Waals surface area contributed by atoms with Crippen molar-refractivity contribution in [1.29, 1.82) is 0 Å². The Balaban J connectivity index is 2.37. The summed E-state index contributed by atoms with van der Waals surface area (Å²) in [5.74, 6) is 0.767. The highest BCUT2D eigenvalue weighted by Crippen LogP contribution is 2.32. The monoisotopic (exact) mass is 358 g/mol. The van der Waals surface area contributed by atoms with Gasteiger partial charge in [0.1, 0.15) is 17.3 Å². The highest BCUT2D eigenvalue weighted by Gasteiger charge is 2.12. The molecule has 0 unspecified atom stereocenters. The van der Waals surface area contributed by atoms with Crippen LogP contribution in [0.4, 0.5) is 4.39 Å². The molecule has 2 aromatic carbocycles. The van der Waals surface area contributed by atoms with Crippen LogP contribution >= 0.6 is 22.6 Å². The van der Waals surface area contributed by atoms with E-state index in [-0.39, 0.29) is 5.82 Å². The Kier molecular flexibility index (Phi) is 4.19. The summed E-state index contributed by atoms with van der Waals surface area (Å²) >= 11 is 2.16. The molecule has 1 N–H and O–H groups in total. The van der Waals surface area contributed by atoms with Gasteiger partial charge in [0.2, 0.25) is 0 Å². The van der Waals surface area contributed by atoms with Crippen LogP contribution in [0, 0.1) is 9.39 Å². The van der Waals surface area contributed by atoms with Crippen LogP contribution in [0.1, 0.15) is 18.6 Å². The molecule has 0 spiro atoms. The molecule has 0 aromatic heterocycles. The lowest BCUT2D eigenvalue weighted by Gasteiger charge is -2.14. The van der Waals surface area contributed by atoms with Crippen LogP contribution in [-0.2, 0) is 0 Å². The molecular weight excluding hydrogens is 346 g/mol. The van der Waals surface area contributed by atoms with Gasteiger partial charge in [-0.1, -0.05) is 12.1 Å². The molecule has 0 saturated heterocycles. The second kappa shape index (κ2) is 5.67. The van der Waals surface area contributed by atoms with Gasteiger partial charge in [0.15, 0.2) is 0 Å². The first-order valence-corrected chi connectivity index (χ1v) is 6.55. The fourth-order valence-electron chi connectivity index (χ4n) is 1.58. The first-order valence-electron chi connectivity index (χ1n) is 5.48. The summed E-state index contributed by atoms with van der Waals surface area (Å²) < 4.78 is 19.8. The molecule has 0 heterocycles. The van der Waals surface area contributed by atoms with Crippen molar-refractivity contribution >= 4 is 22.6 Å². The Morgan fingerprint density at radius 2 is 1.89 bits per heavy atom. The molecule has 0 aliphatic carbocycles. The molecular formula is C14H12FIO2. The minimum Gasteiger partial charge on any atom is -0.456 e. The van der Waals surface area contributed by atoms with Crippen molar-refractivity contribution in [2.24, 2.45) is 0 Å². The van der Waals surface area contributed by atoms with E-state index in [0.29, 0.717) is 17.1 Å². The fraction of sp³-hybridized carbons (Fsp3) is 0.143. The number of aliphatic hydroxyl groups excluding tert-OH is 1. The van der Waals surface area contributed by atoms with Crippen LogP contribution < -0.4 is 4.74 Å². The van der Waals surface area contributed by atoms with E-state index in [0.717, 1.165) is 3.57 Å². The summed E-state index contributed by atoms with van der Waals surface area (Å²) in [7, 11) is 0. The minimum absolute atomic E-state index is 0.388. The molecule has 0 amide bonds. The van der Waals surface area contributed by atoms with E-state index in [9.17, 15) is 9.50 Å². The third-order valence-corrected chi connectivity index (χ3v) is 3.37. The van der Waals surface area contributed by atoms with Crippen LogP contribution in [0.25, 0.3) is 0 Å². The zero-order valence-corrected chi connectivity index (χ0v) is 11.9. The van der Waals surface area contributed by atoms with E-state index < -0.39 is 6.10 Å². The van der Waals surface area contributed by atoms with Crippen LogP contribution in [0.5, 0.6) is 11.5 Å². The number of hydrogen-bond donors (Lipinski definition) is 1. The normalized spacial score (nSPS) is 12.2. The predicted octanol–water partition coefficient (Wildman–Crippen LogP) is 4.28. The number of rotatable bonds is 3. The van der Waals surface area contributed by atoms with E-state index >= 15 is 0 Å². The molecule has 0 fully saturated rings. The Morgan fingerprint density at radius 1 is 1.17 bits per heavy atom. The molecule has 1 atom stereocenters. The molecule has 0 aliphatic heterocycles. The lowest BCUT2D eigenvalue weighted by atomic mass is 10.1. The second-order valence-corrected chi connectivity index (χ2v) is 5.05. The van der Waals surface area contributed by atoms with Crippen LogP contribution in [0.15, 0.2) is 42.5 Å². The second-order valence-electron chi connectivity index (χ2n) is 3.89. The number of hydrogen-bond acceptors (Lipinski definition) is 2. The van der Waals surface area contributed by atoms with E-state index in [1.165, 1.54) is 18.2 Å². The third-order valence-electron chi connectivity index (χ3n) is 2.48. The van der Waals surface area contributed by atoms with Gasteiger partial charge in [0.25, 0.3) is 0 Å². The quantitative estimate of drug-likeness (QED) is 0.831. The average molecular weight is 358 g/mol. The molecule has 0 saturated carbocycles. The maximum atomic E-state index is 13.2. The average Bonchev–Trinajstić information content (AvgIpc) is 2.34. The molecule has 2 aromatic rings. The molecule has 94 valence electrons. The first-order chi connectivity index (χ1) is 8.58. The number of para-hydroxylation sites is 1. The van der Waals surface area contributed by atoms with E-state index in [1.807, 2.05) is 24.3 Å². The van der Waals surface area contributed by atoms with Gasteiger partial charge in [-0.15, -0.1) is 0 Å². The first kappa shape index (κ1) is 13.3. The van der Waals surface area contributed by atoms with Gasteiger partial charge in [-0.25, -0.2) is 4.39 Å². The summed E-state index contributed by atoms with van der Waals surface area (Å²) in [5.41, 5.74) is 0.439. The molecule has 2 rings (SSSR count). The predicted molar refractivity (Wildman–Crippen MR) is 76.3 cm³/mol. The summed E-state index contributed by atoms with van der Waals surface area (Å²) in [4.78, 5) is 0. The van der Waals surface area contributed by atoms with Crippen molar-refractivity contribution in [2.45, 2.75) is 13.0 Å². The van der Waals surface area contributed by atoms with Crippen molar-refractivity contribution in [3.8, 4) is 11.5 Å². The van der Waals surface area contributed by atoms with Crippen molar-refractivity contribution in [3.63, 3.8) is 0 Å². The van der Waals surface area contributed by atoms with Gasteiger partial charge >= 0.3 is 0 Å². The van der Waals surface area contributed by atoms with Crippen molar-refractivity contribution in [2.75, 3.05) is 0 Å². The smallest absolute Gasteiger partial charge is 0.140 e. The van der Waals surface area contributed by atoms with Gasteiger partial charge in [-0.05, 0) is 59.8 Å². The Hall–Kier alpha value is -1.14. The molecule has 0 radical (unpaired) electrons. The lowest BCUT2D eigenvalue weighted by Crippen LogP contribution is -1.97. The summed E-state index contributed by atoms with van der Waals surface area (Å²) in [5, 5.41) is 9.63. The van der Waals surface area contributed by atoms with Gasteiger partial charge in [-0.2, -0.15) is 0 Å². The zero-order chi connectivity index (χ0) is 13.1. The Bertz CT molecular complexity index is 555. The lowest BCUT2D eigenvalue weighted by molar-refractivity contribution is 0.195. The standard InChI is InChI=1S/C14H12FIO2/c1-9(17)11-8-10(15)6-7-13(11)18-14-5-3-2-4-12(14)16/h2-9,17H,1H3/t9-/m0/s1. The maximum Gasteiger partial charge on any atom is 0.140 e. The summed E-state index contributed by atoms with van der Waals surface area (Å²) in [6.45, 7) is 1.58. The van der Waals surface area contributed by atoms with Gasteiger partial charge in [0, 0.05) is 5.56 Å². The van der Waals surface area contributed by atoms with Gasteiger partial charge in [0.05, 0.1) is 9.67 Å². The molecule has 18 heavy (non-hydrogen) atoms. The van der Waals surface area contributed by atoms with E-state index in [1.54, 1.807) is 6.92 Å². The maximum absolute atomic E-state index is 13.2. The fourth-order valence-corrected chi connectivity index (χ4v) is 2.08. The number of ether oxygens (including phenoxy) is 1. The number of halogens is 2.